The fourth-order valence-electron chi connectivity index (χ4n) is 3.71. The minimum absolute atomic E-state index is 0.00147. The predicted octanol–water partition coefficient (Wildman–Crippen LogP) is 3.41. The molecule has 1 saturated heterocycles. The zero-order valence-electron chi connectivity index (χ0n) is 14.8. The number of rotatable bonds is 2. The van der Waals surface area contributed by atoms with Gasteiger partial charge >= 0.3 is 0 Å². The van der Waals surface area contributed by atoms with Crippen LogP contribution in [0.1, 0.15) is 46.1 Å². The van der Waals surface area contributed by atoms with Crippen LogP contribution >= 0.6 is 11.6 Å². The molecule has 3 heterocycles. The van der Waals surface area contributed by atoms with Crippen molar-refractivity contribution in [3.05, 3.63) is 58.1 Å². The summed E-state index contributed by atoms with van der Waals surface area (Å²) in [5.74, 6) is 0.796. The summed E-state index contributed by atoms with van der Waals surface area (Å²) in [5.41, 5.74) is 3.47. The van der Waals surface area contributed by atoms with E-state index in [0.29, 0.717) is 22.9 Å². The van der Waals surface area contributed by atoms with Crippen molar-refractivity contribution >= 4 is 23.3 Å². The van der Waals surface area contributed by atoms with Gasteiger partial charge in [0.05, 0.1) is 16.3 Å². The van der Waals surface area contributed by atoms with E-state index in [1.165, 1.54) is 6.33 Å². The number of carbonyl (C=O) groups is 1. The first kappa shape index (κ1) is 17.0. The molecule has 0 radical (unpaired) electrons. The summed E-state index contributed by atoms with van der Waals surface area (Å²) in [6.07, 6.45) is 3.46. The number of nitrogens with zero attached hydrogens (tertiary/aromatic N) is 5. The first-order chi connectivity index (χ1) is 12.5. The molecule has 1 fully saturated rings. The number of aryl methyl sites for hydroxylation is 2. The van der Waals surface area contributed by atoms with E-state index in [1.807, 2.05) is 36.9 Å². The van der Waals surface area contributed by atoms with Crippen molar-refractivity contribution in [2.45, 2.75) is 32.6 Å². The van der Waals surface area contributed by atoms with Crippen LogP contribution in [-0.4, -0.2) is 43.5 Å². The Morgan fingerprint density at radius 2 is 2.15 bits per heavy atom. The van der Waals surface area contributed by atoms with Gasteiger partial charge in [-0.15, -0.1) is 0 Å². The summed E-state index contributed by atoms with van der Waals surface area (Å²) in [4.78, 5) is 23.6. The fourth-order valence-corrected chi connectivity index (χ4v) is 4.02. The van der Waals surface area contributed by atoms with Crippen LogP contribution in [0.2, 0.25) is 5.02 Å². The average molecular weight is 370 g/mol. The van der Waals surface area contributed by atoms with Gasteiger partial charge in [-0.1, -0.05) is 23.7 Å². The maximum atomic E-state index is 13.1. The highest BCUT2D eigenvalue weighted by atomic mass is 35.5. The lowest BCUT2D eigenvalue weighted by molar-refractivity contribution is 0.0704. The second kappa shape index (κ2) is 6.68. The van der Waals surface area contributed by atoms with Crippen LogP contribution in [0.15, 0.2) is 30.6 Å². The van der Waals surface area contributed by atoms with E-state index in [0.717, 1.165) is 36.3 Å². The quantitative estimate of drug-likeness (QED) is 0.694. The van der Waals surface area contributed by atoms with Crippen LogP contribution in [0.3, 0.4) is 0 Å². The first-order valence-electron chi connectivity index (χ1n) is 8.76. The molecule has 6 nitrogen and oxygen atoms in total. The highest BCUT2D eigenvalue weighted by Gasteiger charge is 2.29. The van der Waals surface area contributed by atoms with Crippen molar-refractivity contribution in [2.75, 3.05) is 13.1 Å². The van der Waals surface area contributed by atoms with Crippen molar-refractivity contribution in [3.63, 3.8) is 0 Å². The minimum atomic E-state index is -0.00147. The van der Waals surface area contributed by atoms with Gasteiger partial charge in [-0.2, -0.15) is 10.1 Å². The molecule has 0 N–H and O–H groups in total. The van der Waals surface area contributed by atoms with E-state index in [-0.39, 0.29) is 11.8 Å². The molecule has 3 aromatic rings. The number of hydrogen-bond acceptors (Lipinski definition) is 4. The molecule has 0 bridgehead atoms. The number of likely N-dealkylation sites (tertiary alicyclic amines) is 1. The highest BCUT2D eigenvalue weighted by molar-refractivity contribution is 6.34. The fraction of sp³-hybridized carbons (Fsp3) is 0.368. The Balaban J connectivity index is 1.65. The SMILES string of the molecule is Cc1cc(C2CCCN(C(=O)c3c(C)cccc3Cl)C2)n2ncnc2n1. The second-order valence-electron chi connectivity index (χ2n) is 6.82. The summed E-state index contributed by atoms with van der Waals surface area (Å²) >= 11 is 6.30. The van der Waals surface area contributed by atoms with Gasteiger partial charge in [0, 0.05) is 24.7 Å². The van der Waals surface area contributed by atoms with Crippen LogP contribution in [-0.2, 0) is 0 Å². The number of piperidine rings is 1. The molecule has 7 heteroatoms. The van der Waals surface area contributed by atoms with Gasteiger partial charge in [-0.05, 0) is 44.4 Å². The van der Waals surface area contributed by atoms with Gasteiger partial charge in [0.25, 0.3) is 11.7 Å². The number of amides is 1. The van der Waals surface area contributed by atoms with Gasteiger partial charge in [-0.25, -0.2) is 9.50 Å². The van der Waals surface area contributed by atoms with Crippen LogP contribution in [0.4, 0.5) is 0 Å². The third kappa shape index (κ3) is 2.94. The van der Waals surface area contributed by atoms with E-state index in [4.69, 9.17) is 11.6 Å². The molecule has 1 amide bonds. The molecule has 1 aromatic carbocycles. The van der Waals surface area contributed by atoms with E-state index in [2.05, 4.69) is 15.1 Å². The third-order valence-corrected chi connectivity index (χ3v) is 5.29. The molecule has 0 saturated carbocycles. The number of carbonyl (C=O) groups excluding carboxylic acids is 1. The lowest BCUT2D eigenvalue weighted by atomic mass is 9.93. The normalized spacial score (nSPS) is 17.7. The van der Waals surface area contributed by atoms with E-state index >= 15 is 0 Å². The average Bonchev–Trinajstić information content (AvgIpc) is 3.09. The van der Waals surface area contributed by atoms with Crippen LogP contribution in [0.25, 0.3) is 5.78 Å². The summed E-state index contributed by atoms with van der Waals surface area (Å²) < 4.78 is 1.78. The summed E-state index contributed by atoms with van der Waals surface area (Å²) in [6, 6.07) is 7.61. The van der Waals surface area contributed by atoms with Gasteiger partial charge in [-0.3, -0.25) is 4.79 Å². The molecule has 2 aromatic heterocycles. The molecule has 1 aliphatic heterocycles. The zero-order chi connectivity index (χ0) is 18.3. The Morgan fingerprint density at radius 1 is 1.31 bits per heavy atom. The lowest BCUT2D eigenvalue weighted by Crippen LogP contribution is -2.40. The summed E-state index contributed by atoms with van der Waals surface area (Å²) in [5, 5.41) is 4.82. The van der Waals surface area contributed by atoms with E-state index in [9.17, 15) is 4.79 Å². The first-order valence-corrected chi connectivity index (χ1v) is 9.14. The van der Waals surface area contributed by atoms with Crippen molar-refractivity contribution in [3.8, 4) is 0 Å². The van der Waals surface area contributed by atoms with Crippen LogP contribution < -0.4 is 0 Å². The minimum Gasteiger partial charge on any atom is -0.338 e. The standard InChI is InChI=1S/C19H20ClN5O/c1-12-5-3-7-15(20)17(12)18(26)24-8-4-6-14(10-24)16-9-13(2)23-19-21-11-22-25(16)19/h3,5,7,9,11,14H,4,6,8,10H2,1-2H3. The van der Waals surface area contributed by atoms with Gasteiger partial charge < -0.3 is 4.90 Å². The van der Waals surface area contributed by atoms with Crippen molar-refractivity contribution in [2.24, 2.45) is 0 Å². The Kier molecular flexibility index (Phi) is 4.36. The van der Waals surface area contributed by atoms with Crippen molar-refractivity contribution in [1.29, 1.82) is 0 Å². The number of hydrogen-bond donors (Lipinski definition) is 0. The predicted molar refractivity (Wildman–Crippen MR) is 99.6 cm³/mol. The Hall–Kier alpha value is -2.47. The van der Waals surface area contributed by atoms with Gasteiger partial charge in [0.2, 0.25) is 0 Å². The maximum Gasteiger partial charge on any atom is 0.255 e. The van der Waals surface area contributed by atoms with Crippen LogP contribution in [0.5, 0.6) is 0 Å². The summed E-state index contributed by atoms with van der Waals surface area (Å²) in [7, 11) is 0. The molecular formula is C19H20ClN5O. The molecule has 134 valence electrons. The number of aromatic nitrogens is 4. The molecule has 4 rings (SSSR count). The Bertz CT molecular complexity index is 963. The molecule has 1 atom stereocenters. The second-order valence-corrected chi connectivity index (χ2v) is 7.22. The lowest BCUT2D eigenvalue weighted by Gasteiger charge is -2.33. The number of fused-ring (bicyclic) bond motifs is 1. The molecule has 1 aliphatic rings. The number of benzene rings is 1. The molecular weight excluding hydrogens is 350 g/mol. The maximum absolute atomic E-state index is 13.1. The largest absolute Gasteiger partial charge is 0.338 e. The Morgan fingerprint density at radius 3 is 2.96 bits per heavy atom. The van der Waals surface area contributed by atoms with E-state index in [1.54, 1.807) is 10.6 Å². The van der Waals surface area contributed by atoms with Crippen LogP contribution in [0, 0.1) is 13.8 Å². The topological polar surface area (TPSA) is 63.4 Å². The smallest absolute Gasteiger partial charge is 0.255 e. The zero-order valence-corrected chi connectivity index (χ0v) is 15.6. The third-order valence-electron chi connectivity index (χ3n) is 4.97. The molecule has 0 spiro atoms. The van der Waals surface area contributed by atoms with Gasteiger partial charge in [0.1, 0.15) is 6.33 Å². The number of halogens is 1. The van der Waals surface area contributed by atoms with Gasteiger partial charge in [0.15, 0.2) is 0 Å². The monoisotopic (exact) mass is 369 g/mol. The Labute approximate surface area is 156 Å². The summed E-state index contributed by atoms with van der Waals surface area (Å²) in [6.45, 7) is 5.26. The van der Waals surface area contributed by atoms with Crippen molar-refractivity contribution < 1.29 is 4.79 Å². The highest BCUT2D eigenvalue weighted by Crippen LogP contribution is 2.30. The van der Waals surface area contributed by atoms with Crippen molar-refractivity contribution in [1.82, 2.24) is 24.5 Å². The molecule has 26 heavy (non-hydrogen) atoms. The van der Waals surface area contributed by atoms with E-state index < -0.39 is 0 Å². The molecule has 1 unspecified atom stereocenters. The molecule has 0 aliphatic carbocycles.